The third kappa shape index (κ3) is 5.81. The monoisotopic (exact) mass is 452 g/mol. The smallest absolute Gasteiger partial charge is 0.243 e. The number of aryl methyl sites for hydroxylation is 1. The lowest BCUT2D eigenvalue weighted by Crippen LogP contribution is -2.35. The number of benzene rings is 3. The van der Waals surface area contributed by atoms with E-state index in [0.717, 1.165) is 9.87 Å². The standard InChI is InChI=1S/C24H24N2O5S/c1-17-5-4-6-22(15-17)31-21-11-9-20(10-12-21)25-24(28)16-26(3)32(29,30)23-13-7-19(8-14-23)18(2)27/h4-15H,16H2,1-3H3,(H,25,28). The summed E-state index contributed by atoms with van der Waals surface area (Å²) in [7, 11) is -2.55. The van der Waals surface area contributed by atoms with Crippen LogP contribution in [-0.4, -0.2) is 38.0 Å². The van der Waals surface area contributed by atoms with Gasteiger partial charge < -0.3 is 10.1 Å². The van der Waals surface area contributed by atoms with Crippen LogP contribution in [0.1, 0.15) is 22.8 Å². The van der Waals surface area contributed by atoms with E-state index in [4.69, 9.17) is 4.74 Å². The van der Waals surface area contributed by atoms with Crippen LogP contribution in [0.15, 0.2) is 77.7 Å². The number of hydrogen-bond donors (Lipinski definition) is 1. The van der Waals surface area contributed by atoms with Crippen LogP contribution in [-0.2, 0) is 14.8 Å². The molecule has 0 aliphatic rings. The van der Waals surface area contributed by atoms with Gasteiger partial charge in [0.25, 0.3) is 0 Å². The van der Waals surface area contributed by atoms with Crippen LogP contribution in [0.4, 0.5) is 5.69 Å². The Morgan fingerprint density at radius 2 is 1.59 bits per heavy atom. The predicted octanol–water partition coefficient (Wildman–Crippen LogP) is 4.25. The Morgan fingerprint density at radius 1 is 0.938 bits per heavy atom. The summed E-state index contributed by atoms with van der Waals surface area (Å²) < 4.78 is 32.1. The third-order valence-corrected chi connectivity index (χ3v) is 6.52. The molecule has 0 aliphatic carbocycles. The van der Waals surface area contributed by atoms with E-state index in [1.807, 2.05) is 31.2 Å². The number of carbonyl (C=O) groups excluding carboxylic acids is 2. The van der Waals surface area contributed by atoms with Gasteiger partial charge in [-0.2, -0.15) is 4.31 Å². The number of carbonyl (C=O) groups is 2. The molecule has 7 nitrogen and oxygen atoms in total. The second-order valence-corrected chi connectivity index (χ2v) is 9.38. The molecule has 0 saturated heterocycles. The van der Waals surface area contributed by atoms with E-state index in [1.165, 1.54) is 38.2 Å². The molecule has 3 rings (SSSR count). The lowest BCUT2D eigenvalue weighted by atomic mass is 10.2. The highest BCUT2D eigenvalue weighted by atomic mass is 32.2. The van der Waals surface area contributed by atoms with Gasteiger partial charge in [0.2, 0.25) is 15.9 Å². The Balaban J connectivity index is 1.60. The average Bonchev–Trinajstić information content (AvgIpc) is 2.75. The fourth-order valence-corrected chi connectivity index (χ4v) is 4.08. The highest BCUT2D eigenvalue weighted by molar-refractivity contribution is 7.89. The maximum Gasteiger partial charge on any atom is 0.243 e. The summed E-state index contributed by atoms with van der Waals surface area (Å²) in [4.78, 5) is 23.7. The fourth-order valence-electron chi connectivity index (χ4n) is 2.95. The van der Waals surface area contributed by atoms with Crippen LogP contribution in [0.5, 0.6) is 11.5 Å². The zero-order valence-corrected chi connectivity index (χ0v) is 18.8. The molecule has 0 aliphatic heterocycles. The number of Topliss-reactive ketones (excluding diaryl/α,β-unsaturated/α-hetero) is 1. The van der Waals surface area contributed by atoms with E-state index in [1.54, 1.807) is 24.3 Å². The molecule has 166 valence electrons. The number of nitrogens with one attached hydrogen (secondary N) is 1. The number of ketones is 1. The van der Waals surface area contributed by atoms with Crippen LogP contribution in [0.3, 0.4) is 0 Å². The molecule has 0 aromatic heterocycles. The van der Waals surface area contributed by atoms with Crippen molar-refractivity contribution in [3.8, 4) is 11.5 Å². The van der Waals surface area contributed by atoms with Crippen molar-refractivity contribution < 1.29 is 22.7 Å². The molecule has 32 heavy (non-hydrogen) atoms. The fraction of sp³-hybridized carbons (Fsp3) is 0.167. The number of rotatable bonds is 8. The lowest BCUT2D eigenvalue weighted by Gasteiger charge is -2.17. The summed E-state index contributed by atoms with van der Waals surface area (Å²) in [5, 5.41) is 2.68. The summed E-state index contributed by atoms with van der Waals surface area (Å²) in [6.45, 7) is 3.02. The first-order chi connectivity index (χ1) is 15.1. The van der Waals surface area contributed by atoms with E-state index < -0.39 is 15.9 Å². The van der Waals surface area contributed by atoms with Gasteiger partial charge in [-0.1, -0.05) is 24.3 Å². The molecule has 0 bridgehead atoms. The van der Waals surface area contributed by atoms with Crippen LogP contribution in [0, 0.1) is 6.92 Å². The van der Waals surface area contributed by atoms with Gasteiger partial charge in [0, 0.05) is 18.3 Å². The van der Waals surface area contributed by atoms with E-state index in [2.05, 4.69) is 5.32 Å². The largest absolute Gasteiger partial charge is 0.457 e. The Bertz CT molecular complexity index is 1220. The molecular formula is C24H24N2O5S. The second kappa shape index (κ2) is 9.76. The first kappa shape index (κ1) is 23.2. The first-order valence-corrected chi connectivity index (χ1v) is 11.3. The lowest BCUT2D eigenvalue weighted by molar-refractivity contribution is -0.116. The van der Waals surface area contributed by atoms with Crippen molar-refractivity contribution >= 4 is 27.4 Å². The zero-order chi connectivity index (χ0) is 23.3. The molecular weight excluding hydrogens is 428 g/mol. The van der Waals surface area contributed by atoms with Crippen molar-refractivity contribution in [2.75, 3.05) is 18.9 Å². The number of nitrogens with zero attached hydrogens (tertiary/aromatic N) is 1. The molecule has 0 radical (unpaired) electrons. The van der Waals surface area contributed by atoms with Gasteiger partial charge in [-0.15, -0.1) is 0 Å². The van der Waals surface area contributed by atoms with Gasteiger partial charge in [-0.25, -0.2) is 8.42 Å². The Hall–Kier alpha value is -3.49. The zero-order valence-electron chi connectivity index (χ0n) is 18.0. The first-order valence-electron chi connectivity index (χ1n) is 9.87. The highest BCUT2D eigenvalue weighted by Gasteiger charge is 2.23. The van der Waals surface area contributed by atoms with Crippen LogP contribution in [0.25, 0.3) is 0 Å². The van der Waals surface area contributed by atoms with Crippen molar-refractivity contribution in [3.63, 3.8) is 0 Å². The number of amides is 1. The number of sulfonamides is 1. The van der Waals surface area contributed by atoms with Crippen molar-refractivity contribution in [1.29, 1.82) is 0 Å². The SMILES string of the molecule is CC(=O)c1ccc(S(=O)(=O)N(C)CC(=O)Nc2ccc(Oc3cccc(C)c3)cc2)cc1. The van der Waals surface area contributed by atoms with Gasteiger partial charge >= 0.3 is 0 Å². The van der Waals surface area contributed by atoms with Gasteiger partial charge in [0.1, 0.15) is 11.5 Å². The quantitative estimate of drug-likeness (QED) is 0.516. The number of hydrogen-bond acceptors (Lipinski definition) is 5. The number of likely N-dealkylation sites (N-methyl/N-ethyl adjacent to an activating group) is 1. The topological polar surface area (TPSA) is 92.8 Å². The van der Waals surface area contributed by atoms with Crippen LogP contribution < -0.4 is 10.1 Å². The molecule has 0 spiro atoms. The second-order valence-electron chi connectivity index (χ2n) is 7.33. The summed E-state index contributed by atoms with van der Waals surface area (Å²) >= 11 is 0. The number of ether oxygens (including phenoxy) is 1. The van der Waals surface area contributed by atoms with Crippen molar-refractivity contribution in [3.05, 3.63) is 83.9 Å². The molecule has 1 amide bonds. The van der Waals surface area contributed by atoms with Gasteiger partial charge in [-0.05, 0) is 67.9 Å². The summed E-state index contributed by atoms with van der Waals surface area (Å²) in [6.07, 6.45) is 0. The molecule has 3 aromatic carbocycles. The van der Waals surface area contributed by atoms with Crippen LogP contribution >= 0.6 is 0 Å². The third-order valence-electron chi connectivity index (χ3n) is 4.70. The molecule has 0 unspecified atom stereocenters. The average molecular weight is 453 g/mol. The normalized spacial score (nSPS) is 11.2. The van der Waals surface area contributed by atoms with Crippen molar-refractivity contribution in [2.24, 2.45) is 0 Å². The maximum atomic E-state index is 12.7. The Morgan fingerprint density at radius 3 is 2.19 bits per heavy atom. The Kier molecular flexibility index (Phi) is 7.07. The molecule has 8 heteroatoms. The minimum Gasteiger partial charge on any atom is -0.457 e. The Labute approximate surface area is 187 Å². The van der Waals surface area contributed by atoms with Gasteiger partial charge in [0.15, 0.2) is 5.78 Å². The van der Waals surface area contributed by atoms with Crippen molar-refractivity contribution in [2.45, 2.75) is 18.7 Å². The summed E-state index contributed by atoms with van der Waals surface area (Å²) in [6, 6.07) is 20.0. The van der Waals surface area contributed by atoms with Crippen LogP contribution in [0.2, 0.25) is 0 Å². The van der Waals surface area contributed by atoms with Gasteiger partial charge in [0.05, 0.1) is 11.4 Å². The molecule has 3 aromatic rings. The van der Waals surface area contributed by atoms with Crippen molar-refractivity contribution in [1.82, 2.24) is 4.31 Å². The summed E-state index contributed by atoms with van der Waals surface area (Å²) in [5.41, 5.74) is 2.02. The minimum atomic E-state index is -3.87. The van der Waals surface area contributed by atoms with E-state index in [-0.39, 0.29) is 17.2 Å². The van der Waals surface area contributed by atoms with Gasteiger partial charge in [-0.3, -0.25) is 9.59 Å². The molecule has 1 N–H and O–H groups in total. The molecule has 0 fully saturated rings. The predicted molar refractivity (Wildman–Crippen MR) is 123 cm³/mol. The summed E-state index contributed by atoms with van der Waals surface area (Å²) in [5.74, 6) is 0.688. The number of anilines is 1. The maximum absolute atomic E-state index is 12.7. The van der Waals surface area contributed by atoms with E-state index in [0.29, 0.717) is 22.7 Å². The molecule has 0 saturated carbocycles. The molecule has 0 heterocycles. The van der Waals surface area contributed by atoms with E-state index >= 15 is 0 Å². The molecule has 0 atom stereocenters. The minimum absolute atomic E-state index is 0.00968. The highest BCUT2D eigenvalue weighted by Crippen LogP contribution is 2.24. The van der Waals surface area contributed by atoms with E-state index in [9.17, 15) is 18.0 Å².